The number of hydrazone groups is 1. The van der Waals surface area contributed by atoms with E-state index in [1.165, 1.54) is 18.7 Å². The van der Waals surface area contributed by atoms with E-state index in [9.17, 15) is 9.59 Å². The maximum Gasteiger partial charge on any atom is 0.252 e. The lowest BCUT2D eigenvalue weighted by Crippen LogP contribution is -2.34. The van der Waals surface area contributed by atoms with Gasteiger partial charge in [0.1, 0.15) is 12.5 Å². The van der Waals surface area contributed by atoms with Crippen LogP contribution in [0.25, 0.3) is 0 Å². The molecule has 1 atom stereocenters. The molecule has 7 nitrogen and oxygen atoms in total. The van der Waals surface area contributed by atoms with Crippen LogP contribution < -0.4 is 20.2 Å². The molecule has 0 saturated heterocycles. The van der Waals surface area contributed by atoms with E-state index in [1.54, 1.807) is 30.3 Å². The molecule has 0 saturated carbocycles. The molecule has 3 aromatic carbocycles. The Balaban J connectivity index is 1.59. The molecule has 0 aliphatic carbocycles. The number of para-hydroxylation sites is 1. The van der Waals surface area contributed by atoms with Gasteiger partial charge in [0, 0.05) is 4.47 Å². The van der Waals surface area contributed by atoms with Gasteiger partial charge in [-0.05, 0) is 78.2 Å². The van der Waals surface area contributed by atoms with Crippen molar-refractivity contribution in [2.75, 3.05) is 11.9 Å². The Kier molecular flexibility index (Phi) is 9.43. The number of benzene rings is 3. The number of amides is 2. The van der Waals surface area contributed by atoms with Gasteiger partial charge in [-0.3, -0.25) is 9.59 Å². The lowest BCUT2D eigenvalue weighted by Gasteiger charge is -2.13. The van der Waals surface area contributed by atoms with Gasteiger partial charge in [-0.25, -0.2) is 5.43 Å². The summed E-state index contributed by atoms with van der Waals surface area (Å²) in [6.45, 7) is 6.35. The first-order valence-corrected chi connectivity index (χ1v) is 12.0. The van der Waals surface area contributed by atoms with E-state index in [0.29, 0.717) is 36.0 Å². The van der Waals surface area contributed by atoms with Crippen molar-refractivity contribution in [1.29, 1.82) is 0 Å². The van der Waals surface area contributed by atoms with Crippen molar-refractivity contribution < 1.29 is 19.1 Å². The van der Waals surface area contributed by atoms with Crippen molar-refractivity contribution in [3.05, 3.63) is 87.9 Å². The van der Waals surface area contributed by atoms with E-state index in [1.807, 2.05) is 44.2 Å². The fraction of sp³-hybridized carbons (Fsp3) is 0.222. The quantitative estimate of drug-likeness (QED) is 0.204. The number of hydrogen-bond donors (Lipinski definition) is 2. The maximum absolute atomic E-state index is 12.4. The Bertz CT molecular complexity index is 1210. The second-order valence-corrected chi connectivity index (χ2v) is 8.70. The zero-order valence-corrected chi connectivity index (χ0v) is 21.5. The van der Waals surface area contributed by atoms with Gasteiger partial charge in [-0.2, -0.15) is 5.10 Å². The van der Waals surface area contributed by atoms with E-state index in [4.69, 9.17) is 9.47 Å². The highest BCUT2D eigenvalue weighted by atomic mass is 79.9. The monoisotopic (exact) mass is 537 g/mol. The molecule has 0 bridgehead atoms. The Morgan fingerprint density at radius 3 is 2.54 bits per heavy atom. The molecule has 182 valence electrons. The first-order chi connectivity index (χ1) is 16.9. The van der Waals surface area contributed by atoms with Gasteiger partial charge in [0.2, 0.25) is 5.91 Å². The molecule has 0 radical (unpaired) electrons. The van der Waals surface area contributed by atoms with Crippen molar-refractivity contribution >= 4 is 39.6 Å². The Hall–Kier alpha value is -3.65. The molecule has 2 N–H and O–H groups in total. The summed E-state index contributed by atoms with van der Waals surface area (Å²) >= 11 is 3.37. The molecule has 35 heavy (non-hydrogen) atoms. The van der Waals surface area contributed by atoms with Gasteiger partial charge < -0.3 is 14.8 Å². The molecule has 8 heteroatoms. The number of carbonyl (C=O) groups excluding carboxylic acids is 2. The molecule has 0 spiro atoms. The van der Waals surface area contributed by atoms with Crippen molar-refractivity contribution in [3.63, 3.8) is 0 Å². The third-order valence-electron chi connectivity index (χ3n) is 5.05. The van der Waals surface area contributed by atoms with Gasteiger partial charge in [-0.15, -0.1) is 0 Å². The summed E-state index contributed by atoms with van der Waals surface area (Å²) in [6.07, 6.45) is 1.49. The minimum Gasteiger partial charge on any atom is -0.490 e. The van der Waals surface area contributed by atoms with Crippen molar-refractivity contribution in [2.24, 2.45) is 11.0 Å². The van der Waals surface area contributed by atoms with E-state index in [2.05, 4.69) is 37.8 Å². The van der Waals surface area contributed by atoms with Gasteiger partial charge in [0.05, 0.1) is 18.5 Å². The number of halogens is 1. The molecule has 2 amide bonds. The Labute approximate surface area is 213 Å². The van der Waals surface area contributed by atoms with Crippen LogP contribution in [0.3, 0.4) is 0 Å². The van der Waals surface area contributed by atoms with Crippen LogP contribution in [0.15, 0.2) is 76.3 Å². The van der Waals surface area contributed by atoms with Crippen molar-refractivity contribution in [1.82, 2.24) is 5.43 Å². The van der Waals surface area contributed by atoms with Crippen molar-refractivity contribution in [2.45, 2.75) is 27.4 Å². The summed E-state index contributed by atoms with van der Waals surface area (Å²) in [4.78, 5) is 24.8. The zero-order chi connectivity index (χ0) is 25.2. The molecular weight excluding hydrogens is 510 g/mol. The van der Waals surface area contributed by atoms with Crippen LogP contribution in [0.1, 0.15) is 30.5 Å². The Morgan fingerprint density at radius 1 is 1.00 bits per heavy atom. The van der Waals surface area contributed by atoms with Crippen LogP contribution in [0.2, 0.25) is 0 Å². The SMILES string of the molecule is CCOc1cc(C=NNC(=O)C(C)C(=O)Nc2ccccc2Br)ccc1OCc1cccc(C)c1. The molecular formula is C27H28BrN3O4. The lowest BCUT2D eigenvalue weighted by atomic mass is 10.1. The van der Waals surface area contributed by atoms with Crippen LogP contribution in [0.4, 0.5) is 5.69 Å². The molecule has 0 aromatic heterocycles. The van der Waals surface area contributed by atoms with Crippen LogP contribution in [-0.4, -0.2) is 24.6 Å². The van der Waals surface area contributed by atoms with E-state index in [-0.39, 0.29) is 0 Å². The standard InChI is InChI=1S/C27H28BrN3O4/c1-4-34-25-15-20(12-13-24(25)35-17-21-9-7-8-18(2)14-21)16-29-31-27(33)19(3)26(32)30-23-11-6-5-10-22(23)28/h5-16,19H,4,17H2,1-3H3,(H,30,32)(H,31,33). The highest BCUT2D eigenvalue weighted by Gasteiger charge is 2.21. The number of nitrogens with zero attached hydrogens (tertiary/aromatic N) is 1. The predicted molar refractivity (Wildman–Crippen MR) is 141 cm³/mol. The van der Waals surface area contributed by atoms with Gasteiger partial charge in [0.15, 0.2) is 11.5 Å². The largest absolute Gasteiger partial charge is 0.490 e. The summed E-state index contributed by atoms with van der Waals surface area (Å²) < 4.78 is 12.4. The van der Waals surface area contributed by atoms with Crippen LogP contribution >= 0.6 is 15.9 Å². The van der Waals surface area contributed by atoms with Crippen LogP contribution in [0.5, 0.6) is 11.5 Å². The minimum absolute atomic E-state index is 0.421. The van der Waals surface area contributed by atoms with E-state index in [0.717, 1.165) is 10.0 Å². The smallest absolute Gasteiger partial charge is 0.252 e. The second kappa shape index (κ2) is 12.7. The average molecular weight is 538 g/mol. The number of ether oxygens (including phenoxy) is 2. The molecule has 0 heterocycles. The van der Waals surface area contributed by atoms with Gasteiger partial charge in [-0.1, -0.05) is 42.0 Å². The van der Waals surface area contributed by atoms with Crippen LogP contribution in [0, 0.1) is 12.8 Å². The molecule has 0 fully saturated rings. The summed E-state index contributed by atoms with van der Waals surface area (Å²) in [5.74, 6) is -0.688. The maximum atomic E-state index is 12.4. The molecule has 0 aliphatic rings. The number of hydrogen-bond acceptors (Lipinski definition) is 5. The summed E-state index contributed by atoms with van der Waals surface area (Å²) in [7, 11) is 0. The number of rotatable bonds is 10. The van der Waals surface area contributed by atoms with Gasteiger partial charge >= 0.3 is 0 Å². The average Bonchev–Trinajstić information content (AvgIpc) is 2.84. The third-order valence-corrected chi connectivity index (χ3v) is 5.74. The summed E-state index contributed by atoms with van der Waals surface area (Å²) in [5, 5.41) is 6.72. The molecule has 1 unspecified atom stereocenters. The summed E-state index contributed by atoms with van der Waals surface area (Å²) in [6, 6.07) is 20.7. The summed E-state index contributed by atoms with van der Waals surface area (Å²) in [5.41, 5.74) is 5.96. The lowest BCUT2D eigenvalue weighted by molar-refractivity contribution is -0.131. The fourth-order valence-corrected chi connectivity index (χ4v) is 3.53. The minimum atomic E-state index is -0.935. The van der Waals surface area contributed by atoms with Gasteiger partial charge in [0.25, 0.3) is 5.91 Å². The fourth-order valence-electron chi connectivity index (χ4n) is 3.15. The van der Waals surface area contributed by atoms with Crippen molar-refractivity contribution in [3.8, 4) is 11.5 Å². The number of anilines is 1. The molecule has 3 aromatic rings. The first-order valence-electron chi connectivity index (χ1n) is 11.2. The second-order valence-electron chi connectivity index (χ2n) is 7.84. The zero-order valence-electron chi connectivity index (χ0n) is 19.9. The number of aryl methyl sites for hydroxylation is 1. The van der Waals surface area contributed by atoms with E-state index >= 15 is 0 Å². The highest BCUT2D eigenvalue weighted by molar-refractivity contribution is 9.10. The molecule has 3 rings (SSSR count). The van der Waals surface area contributed by atoms with Crippen LogP contribution in [-0.2, 0) is 16.2 Å². The first kappa shape index (κ1) is 26.0. The predicted octanol–water partition coefficient (Wildman–Crippen LogP) is 5.46. The third kappa shape index (κ3) is 7.68. The topological polar surface area (TPSA) is 89.0 Å². The van der Waals surface area contributed by atoms with E-state index < -0.39 is 17.7 Å². The number of carbonyl (C=O) groups is 2. The highest BCUT2D eigenvalue weighted by Crippen LogP contribution is 2.29. The number of nitrogens with one attached hydrogen (secondary N) is 2. The normalized spacial score (nSPS) is 11.7. The molecule has 0 aliphatic heterocycles. The Morgan fingerprint density at radius 2 is 1.80 bits per heavy atom.